The van der Waals surface area contributed by atoms with Crippen molar-refractivity contribution in [2.45, 2.75) is 4.90 Å². The fraction of sp³-hybridized carbons (Fsp3) is 0.190. The molecule has 0 radical (unpaired) electrons. The number of sulfonamides is 1. The zero-order chi connectivity index (χ0) is 22.3. The van der Waals surface area contributed by atoms with Gasteiger partial charge in [0.25, 0.3) is 5.56 Å². The molecule has 11 heteroatoms. The molecular formula is C21H19ClN6O3S. The first-order valence-corrected chi connectivity index (χ1v) is 11.8. The highest BCUT2D eigenvalue weighted by Gasteiger charge is 2.29. The number of rotatable bonds is 4. The predicted molar refractivity (Wildman–Crippen MR) is 122 cm³/mol. The molecule has 2 aromatic heterocycles. The first-order chi connectivity index (χ1) is 15.4. The van der Waals surface area contributed by atoms with Crippen LogP contribution in [0.15, 0.2) is 70.5 Å². The maximum atomic E-state index is 12.9. The molecule has 1 saturated heterocycles. The second kappa shape index (κ2) is 8.05. The number of nitrogens with one attached hydrogen (secondary N) is 1. The Hall–Kier alpha value is -3.21. The van der Waals surface area contributed by atoms with Crippen molar-refractivity contribution in [2.24, 2.45) is 0 Å². The number of hydrogen-bond acceptors (Lipinski definition) is 6. The fourth-order valence-corrected chi connectivity index (χ4v) is 5.44. The van der Waals surface area contributed by atoms with Crippen LogP contribution in [0.1, 0.15) is 0 Å². The van der Waals surface area contributed by atoms with E-state index in [4.69, 9.17) is 11.6 Å². The molecule has 3 heterocycles. The Morgan fingerprint density at radius 2 is 1.62 bits per heavy atom. The lowest BCUT2D eigenvalue weighted by Crippen LogP contribution is -2.49. The Balaban J connectivity index is 1.37. The number of hydrogen-bond donors (Lipinski definition) is 1. The summed E-state index contributed by atoms with van der Waals surface area (Å²) in [5, 5.41) is 4.26. The molecule has 1 N–H and O–H groups in total. The minimum absolute atomic E-state index is 0.0137. The van der Waals surface area contributed by atoms with Crippen LogP contribution < -0.4 is 10.5 Å². The number of aromatic amines is 1. The molecule has 1 fully saturated rings. The largest absolute Gasteiger partial charge is 0.366 e. The molecule has 0 unspecified atom stereocenters. The number of anilines is 1. The fourth-order valence-electron chi connectivity index (χ4n) is 3.75. The van der Waals surface area contributed by atoms with Crippen LogP contribution in [-0.2, 0) is 10.0 Å². The van der Waals surface area contributed by atoms with Gasteiger partial charge in [0.2, 0.25) is 16.0 Å². The summed E-state index contributed by atoms with van der Waals surface area (Å²) in [7, 11) is -3.56. The Kier molecular flexibility index (Phi) is 5.20. The Morgan fingerprint density at radius 1 is 0.938 bits per heavy atom. The van der Waals surface area contributed by atoms with Crippen LogP contribution in [0.25, 0.3) is 17.0 Å². The third kappa shape index (κ3) is 3.56. The molecule has 1 aliphatic rings. The van der Waals surface area contributed by atoms with Crippen molar-refractivity contribution in [1.29, 1.82) is 0 Å². The van der Waals surface area contributed by atoms with Gasteiger partial charge in [-0.1, -0.05) is 41.9 Å². The summed E-state index contributed by atoms with van der Waals surface area (Å²) >= 11 is 6.41. The Morgan fingerprint density at radius 3 is 2.34 bits per heavy atom. The van der Waals surface area contributed by atoms with Crippen molar-refractivity contribution in [2.75, 3.05) is 31.1 Å². The number of benzene rings is 2. The summed E-state index contributed by atoms with van der Waals surface area (Å²) in [5.41, 5.74) is 1.47. The van der Waals surface area contributed by atoms with Gasteiger partial charge in [-0.25, -0.2) is 13.4 Å². The normalized spacial score (nSPS) is 15.3. The lowest BCUT2D eigenvalue weighted by atomic mass is 10.3. The number of aromatic nitrogens is 4. The van der Waals surface area contributed by atoms with Crippen molar-refractivity contribution in [3.8, 4) is 5.95 Å². The maximum absolute atomic E-state index is 12.9. The van der Waals surface area contributed by atoms with E-state index in [1.807, 2.05) is 29.2 Å². The van der Waals surface area contributed by atoms with Crippen LogP contribution in [-0.4, -0.2) is 58.7 Å². The number of para-hydroxylation sites is 2. The van der Waals surface area contributed by atoms with E-state index >= 15 is 0 Å². The summed E-state index contributed by atoms with van der Waals surface area (Å²) in [5.74, 6) is 0.281. The summed E-state index contributed by atoms with van der Waals surface area (Å²) in [4.78, 5) is 22.5. The molecule has 2 aromatic carbocycles. The summed E-state index contributed by atoms with van der Waals surface area (Å²) in [6.45, 7) is 1.34. The van der Waals surface area contributed by atoms with Crippen molar-refractivity contribution in [3.05, 3.63) is 76.2 Å². The highest BCUT2D eigenvalue weighted by atomic mass is 35.5. The number of nitrogens with zero attached hydrogens (tertiary/aromatic N) is 5. The molecule has 164 valence electrons. The van der Waals surface area contributed by atoms with E-state index in [0.717, 1.165) is 10.2 Å². The van der Waals surface area contributed by atoms with Crippen LogP contribution >= 0.6 is 11.6 Å². The SMILES string of the molecule is O=c1c(Cl)c(N2CCN(S(=O)(=O)c3ccccc3)CC2)cnn1-c1nc2ccccc2[nH]1. The highest BCUT2D eigenvalue weighted by Crippen LogP contribution is 2.25. The molecule has 4 aromatic rings. The molecule has 0 saturated carbocycles. The first kappa shape index (κ1) is 20.7. The van der Waals surface area contributed by atoms with Gasteiger partial charge in [0.15, 0.2) is 0 Å². The lowest BCUT2D eigenvalue weighted by molar-refractivity contribution is 0.384. The van der Waals surface area contributed by atoms with E-state index in [0.29, 0.717) is 24.3 Å². The highest BCUT2D eigenvalue weighted by molar-refractivity contribution is 7.89. The predicted octanol–water partition coefficient (Wildman–Crippen LogP) is 2.27. The lowest BCUT2D eigenvalue weighted by Gasteiger charge is -2.35. The van der Waals surface area contributed by atoms with E-state index in [1.165, 1.54) is 10.5 Å². The molecule has 0 aliphatic carbocycles. The van der Waals surface area contributed by atoms with Gasteiger partial charge in [-0.2, -0.15) is 14.1 Å². The van der Waals surface area contributed by atoms with E-state index < -0.39 is 15.6 Å². The zero-order valence-corrected chi connectivity index (χ0v) is 18.4. The van der Waals surface area contributed by atoms with Crippen molar-refractivity contribution >= 4 is 38.3 Å². The van der Waals surface area contributed by atoms with Gasteiger partial charge in [-0.3, -0.25) is 4.79 Å². The topological polar surface area (TPSA) is 104 Å². The molecule has 0 bridgehead atoms. The number of piperazine rings is 1. The quantitative estimate of drug-likeness (QED) is 0.490. The molecule has 0 spiro atoms. The second-order valence-corrected chi connectivity index (χ2v) is 9.66. The average Bonchev–Trinajstić information content (AvgIpc) is 3.25. The minimum atomic E-state index is -3.56. The van der Waals surface area contributed by atoms with Crippen LogP contribution in [0.5, 0.6) is 0 Å². The summed E-state index contributed by atoms with van der Waals surface area (Å²) < 4.78 is 28.2. The molecule has 1 aliphatic heterocycles. The van der Waals surface area contributed by atoms with Crippen molar-refractivity contribution in [3.63, 3.8) is 0 Å². The molecule has 32 heavy (non-hydrogen) atoms. The third-order valence-electron chi connectivity index (χ3n) is 5.44. The van der Waals surface area contributed by atoms with Gasteiger partial charge in [0.05, 0.1) is 27.8 Å². The molecular weight excluding hydrogens is 452 g/mol. The molecule has 9 nitrogen and oxygen atoms in total. The monoisotopic (exact) mass is 470 g/mol. The van der Waals surface area contributed by atoms with Crippen molar-refractivity contribution < 1.29 is 8.42 Å². The summed E-state index contributed by atoms with van der Waals surface area (Å²) in [6, 6.07) is 15.8. The minimum Gasteiger partial charge on any atom is -0.366 e. The van der Waals surface area contributed by atoms with Crippen LogP contribution in [0.3, 0.4) is 0 Å². The van der Waals surface area contributed by atoms with Gasteiger partial charge < -0.3 is 9.88 Å². The van der Waals surface area contributed by atoms with Gasteiger partial charge in [-0.05, 0) is 24.3 Å². The molecule has 0 atom stereocenters. The van der Waals surface area contributed by atoms with Gasteiger partial charge in [0.1, 0.15) is 5.02 Å². The van der Waals surface area contributed by atoms with Gasteiger partial charge >= 0.3 is 0 Å². The third-order valence-corrected chi connectivity index (χ3v) is 7.71. The van der Waals surface area contributed by atoms with Gasteiger partial charge in [0, 0.05) is 26.2 Å². The number of imidazole rings is 1. The number of halogens is 1. The van der Waals surface area contributed by atoms with Crippen molar-refractivity contribution in [1.82, 2.24) is 24.1 Å². The van der Waals surface area contributed by atoms with Gasteiger partial charge in [-0.15, -0.1) is 0 Å². The van der Waals surface area contributed by atoms with Crippen LogP contribution in [0.2, 0.25) is 5.02 Å². The standard InChI is InChI=1S/C21H19ClN6O3S/c22-19-18(14-23-28(20(19)29)21-24-16-8-4-5-9-17(16)25-21)26-10-12-27(13-11-26)32(30,31)15-6-2-1-3-7-15/h1-9,14H,10-13H2,(H,24,25). The van der Waals surface area contributed by atoms with Crippen LogP contribution in [0.4, 0.5) is 5.69 Å². The smallest absolute Gasteiger partial charge is 0.295 e. The first-order valence-electron chi connectivity index (χ1n) is 9.98. The summed E-state index contributed by atoms with van der Waals surface area (Å²) in [6.07, 6.45) is 1.51. The number of H-pyrrole nitrogens is 1. The van der Waals surface area contributed by atoms with E-state index in [-0.39, 0.29) is 29.0 Å². The number of fused-ring (bicyclic) bond motifs is 1. The van der Waals surface area contributed by atoms with Crippen LogP contribution in [0, 0.1) is 0 Å². The van der Waals surface area contributed by atoms with E-state index in [1.54, 1.807) is 30.3 Å². The second-order valence-electron chi connectivity index (χ2n) is 7.34. The average molecular weight is 471 g/mol. The Bertz CT molecular complexity index is 1410. The Labute approximate surface area is 188 Å². The molecule has 0 amide bonds. The van der Waals surface area contributed by atoms with E-state index in [9.17, 15) is 13.2 Å². The van der Waals surface area contributed by atoms with E-state index in [2.05, 4.69) is 15.1 Å². The zero-order valence-electron chi connectivity index (χ0n) is 16.8. The molecule has 5 rings (SSSR count). The maximum Gasteiger partial charge on any atom is 0.295 e.